The quantitative estimate of drug-likeness (QED) is 0.791. The maximum Gasteiger partial charge on any atom is 0.242 e. The molecule has 0 heterocycles. The average molecular weight is 352 g/mol. The van der Waals surface area contributed by atoms with Crippen LogP contribution in [0.3, 0.4) is 0 Å². The van der Waals surface area contributed by atoms with Crippen LogP contribution in [0.4, 0.5) is 0 Å². The summed E-state index contributed by atoms with van der Waals surface area (Å²) >= 11 is 0. The van der Waals surface area contributed by atoms with Crippen LogP contribution in [0.5, 0.6) is 0 Å². The maximum atomic E-state index is 12.8. The first-order valence-electron chi connectivity index (χ1n) is 9.15. The van der Waals surface area contributed by atoms with Crippen LogP contribution in [0.25, 0.3) is 0 Å². The first kappa shape index (κ1) is 19.7. The van der Waals surface area contributed by atoms with Crippen molar-refractivity contribution in [3.05, 3.63) is 71.3 Å². The van der Waals surface area contributed by atoms with Crippen molar-refractivity contribution in [1.82, 2.24) is 10.2 Å². The number of nitrogens with zero attached hydrogens (tertiary/aromatic N) is 1. The fourth-order valence-corrected chi connectivity index (χ4v) is 2.97. The van der Waals surface area contributed by atoms with Crippen molar-refractivity contribution in [2.45, 2.75) is 45.7 Å². The van der Waals surface area contributed by atoms with E-state index in [1.165, 1.54) is 5.56 Å². The van der Waals surface area contributed by atoms with Gasteiger partial charge in [0.25, 0.3) is 0 Å². The monoisotopic (exact) mass is 352 g/mol. The summed E-state index contributed by atoms with van der Waals surface area (Å²) in [5.74, 6) is -0.122. The van der Waals surface area contributed by atoms with Crippen molar-refractivity contribution in [3.63, 3.8) is 0 Å². The van der Waals surface area contributed by atoms with Crippen LogP contribution in [0, 0.1) is 6.92 Å². The zero-order chi connectivity index (χ0) is 18.9. The van der Waals surface area contributed by atoms with Gasteiger partial charge in [0.1, 0.15) is 6.04 Å². The second-order valence-corrected chi connectivity index (χ2v) is 6.58. The van der Waals surface area contributed by atoms with Gasteiger partial charge in [-0.05, 0) is 24.5 Å². The lowest BCUT2D eigenvalue weighted by atomic mass is 10.0. The number of nitrogens with one attached hydrogen (secondary N) is 1. The minimum atomic E-state index is -0.525. The molecule has 4 nitrogen and oxygen atoms in total. The lowest BCUT2D eigenvalue weighted by Gasteiger charge is -2.31. The molecule has 0 saturated heterocycles. The van der Waals surface area contributed by atoms with E-state index in [2.05, 4.69) is 5.32 Å². The predicted octanol–water partition coefficient (Wildman–Crippen LogP) is 3.48. The smallest absolute Gasteiger partial charge is 0.242 e. The SMILES string of the molecule is CCCC(=O)N(Cc1ccc(C)cc1)C(Cc1ccccc1)C(=O)NC. The number of likely N-dealkylation sites (N-methyl/N-ethyl adjacent to an activating group) is 1. The number of benzene rings is 2. The first-order chi connectivity index (χ1) is 12.5. The highest BCUT2D eigenvalue weighted by Gasteiger charge is 2.29. The molecule has 138 valence electrons. The molecule has 0 radical (unpaired) electrons. The van der Waals surface area contributed by atoms with Gasteiger partial charge in [-0.2, -0.15) is 0 Å². The van der Waals surface area contributed by atoms with Gasteiger partial charge in [-0.3, -0.25) is 9.59 Å². The van der Waals surface area contributed by atoms with Crippen molar-refractivity contribution in [1.29, 1.82) is 0 Å². The molecule has 0 aliphatic heterocycles. The second kappa shape index (κ2) is 9.76. The Morgan fingerprint density at radius 2 is 1.65 bits per heavy atom. The lowest BCUT2D eigenvalue weighted by Crippen LogP contribution is -2.49. The zero-order valence-corrected chi connectivity index (χ0v) is 15.9. The Kier molecular flexibility index (Phi) is 7.39. The van der Waals surface area contributed by atoms with Crippen molar-refractivity contribution in [2.75, 3.05) is 7.05 Å². The topological polar surface area (TPSA) is 49.4 Å². The van der Waals surface area contributed by atoms with Crippen LogP contribution in [0.2, 0.25) is 0 Å². The molecule has 0 aliphatic carbocycles. The molecule has 4 heteroatoms. The predicted molar refractivity (Wildman–Crippen MR) is 105 cm³/mol. The van der Waals surface area contributed by atoms with Gasteiger partial charge in [-0.1, -0.05) is 67.1 Å². The number of amides is 2. The maximum absolute atomic E-state index is 12.8. The van der Waals surface area contributed by atoms with Crippen molar-refractivity contribution in [3.8, 4) is 0 Å². The summed E-state index contributed by atoms with van der Waals surface area (Å²) < 4.78 is 0. The molecule has 0 spiro atoms. The number of carbonyl (C=O) groups is 2. The number of carbonyl (C=O) groups excluding carboxylic acids is 2. The molecule has 0 aliphatic rings. The van der Waals surface area contributed by atoms with Gasteiger partial charge >= 0.3 is 0 Å². The summed E-state index contributed by atoms with van der Waals surface area (Å²) in [4.78, 5) is 27.1. The molecule has 0 fully saturated rings. The van der Waals surface area contributed by atoms with E-state index in [0.29, 0.717) is 19.4 Å². The third kappa shape index (κ3) is 5.45. The van der Waals surface area contributed by atoms with Gasteiger partial charge in [0.2, 0.25) is 11.8 Å². The highest BCUT2D eigenvalue weighted by atomic mass is 16.2. The Hall–Kier alpha value is -2.62. The Balaban J connectivity index is 2.31. The molecule has 2 aromatic rings. The Labute approximate surface area is 156 Å². The van der Waals surface area contributed by atoms with Crippen LogP contribution in [-0.2, 0) is 22.6 Å². The molecular formula is C22H28N2O2. The summed E-state index contributed by atoms with van der Waals surface area (Å²) in [5.41, 5.74) is 3.24. The summed E-state index contributed by atoms with van der Waals surface area (Å²) in [7, 11) is 1.62. The standard InChI is InChI=1S/C22H28N2O2/c1-4-8-21(25)24(16-19-13-11-17(2)12-14-19)20(22(26)23-3)15-18-9-6-5-7-10-18/h5-7,9-14,20H,4,8,15-16H2,1-3H3,(H,23,26). The molecule has 0 bridgehead atoms. The Morgan fingerprint density at radius 3 is 2.23 bits per heavy atom. The number of rotatable bonds is 8. The van der Waals surface area contributed by atoms with E-state index >= 15 is 0 Å². The Morgan fingerprint density at radius 1 is 1.00 bits per heavy atom. The number of hydrogen-bond donors (Lipinski definition) is 1. The van der Waals surface area contributed by atoms with E-state index in [0.717, 1.165) is 17.5 Å². The minimum absolute atomic E-state index is 0.0117. The van der Waals surface area contributed by atoms with Crippen LogP contribution in [0.15, 0.2) is 54.6 Å². The number of aryl methyl sites for hydroxylation is 1. The lowest BCUT2D eigenvalue weighted by molar-refractivity contribution is -0.141. The largest absolute Gasteiger partial charge is 0.357 e. The highest BCUT2D eigenvalue weighted by Crippen LogP contribution is 2.16. The molecular weight excluding hydrogens is 324 g/mol. The fraction of sp³-hybridized carbons (Fsp3) is 0.364. The average Bonchev–Trinajstić information content (AvgIpc) is 2.66. The highest BCUT2D eigenvalue weighted by molar-refractivity contribution is 5.87. The summed E-state index contributed by atoms with van der Waals surface area (Å²) in [6, 6.07) is 17.4. The van der Waals surface area contributed by atoms with Gasteiger partial charge in [-0.25, -0.2) is 0 Å². The first-order valence-corrected chi connectivity index (χ1v) is 9.15. The van der Waals surface area contributed by atoms with Crippen molar-refractivity contribution in [2.24, 2.45) is 0 Å². The van der Waals surface area contributed by atoms with Crippen LogP contribution in [-0.4, -0.2) is 29.8 Å². The summed E-state index contributed by atoms with van der Waals surface area (Å²) in [6.45, 7) is 4.45. The summed E-state index contributed by atoms with van der Waals surface area (Å²) in [6.07, 6.45) is 1.70. The molecule has 26 heavy (non-hydrogen) atoms. The van der Waals surface area contributed by atoms with Gasteiger partial charge in [0.15, 0.2) is 0 Å². The molecule has 2 rings (SSSR count). The van der Waals surface area contributed by atoms with Gasteiger partial charge in [0.05, 0.1) is 0 Å². The molecule has 2 amide bonds. The Bertz CT molecular complexity index is 711. The van der Waals surface area contributed by atoms with E-state index in [-0.39, 0.29) is 11.8 Å². The minimum Gasteiger partial charge on any atom is -0.357 e. The zero-order valence-electron chi connectivity index (χ0n) is 15.9. The fourth-order valence-electron chi connectivity index (χ4n) is 2.97. The second-order valence-electron chi connectivity index (χ2n) is 6.58. The molecule has 1 N–H and O–H groups in total. The van der Waals surface area contributed by atoms with E-state index in [9.17, 15) is 9.59 Å². The number of hydrogen-bond acceptors (Lipinski definition) is 2. The van der Waals surface area contributed by atoms with Gasteiger partial charge < -0.3 is 10.2 Å². The van der Waals surface area contributed by atoms with Gasteiger partial charge in [0, 0.05) is 26.4 Å². The van der Waals surface area contributed by atoms with Crippen LogP contribution in [0.1, 0.15) is 36.5 Å². The van der Waals surface area contributed by atoms with E-state index in [4.69, 9.17) is 0 Å². The molecule has 0 aromatic heterocycles. The van der Waals surface area contributed by atoms with Gasteiger partial charge in [-0.15, -0.1) is 0 Å². The van der Waals surface area contributed by atoms with Crippen molar-refractivity contribution < 1.29 is 9.59 Å². The van der Waals surface area contributed by atoms with E-state index < -0.39 is 6.04 Å². The molecule has 1 atom stereocenters. The van der Waals surface area contributed by atoms with Crippen molar-refractivity contribution >= 4 is 11.8 Å². The molecule has 1 unspecified atom stereocenters. The molecule has 0 saturated carbocycles. The summed E-state index contributed by atoms with van der Waals surface area (Å²) in [5, 5.41) is 2.72. The molecule has 2 aromatic carbocycles. The normalized spacial score (nSPS) is 11.7. The third-order valence-corrected chi connectivity index (χ3v) is 4.45. The van der Waals surface area contributed by atoms with Crippen LogP contribution >= 0.6 is 0 Å². The third-order valence-electron chi connectivity index (χ3n) is 4.45. The van der Waals surface area contributed by atoms with E-state index in [1.807, 2.05) is 68.4 Å². The van der Waals surface area contributed by atoms with E-state index in [1.54, 1.807) is 11.9 Å². The van der Waals surface area contributed by atoms with Crippen LogP contribution < -0.4 is 5.32 Å².